The van der Waals surface area contributed by atoms with Crippen molar-refractivity contribution in [2.24, 2.45) is 11.8 Å². The van der Waals surface area contributed by atoms with E-state index < -0.39 is 28.0 Å². The largest absolute Gasteiger partial charge is 0.345 e. The molecule has 3 atom stereocenters. The molecule has 0 aromatic heterocycles. The predicted molar refractivity (Wildman–Crippen MR) is 110 cm³/mol. The van der Waals surface area contributed by atoms with Crippen LogP contribution in [-0.2, 0) is 19.6 Å². The highest BCUT2D eigenvalue weighted by molar-refractivity contribution is 7.89. The third-order valence-corrected chi connectivity index (χ3v) is 6.41. The summed E-state index contributed by atoms with van der Waals surface area (Å²) < 4.78 is 28.3. The van der Waals surface area contributed by atoms with Crippen molar-refractivity contribution in [2.45, 2.75) is 51.1 Å². The Labute approximate surface area is 166 Å². The molecule has 0 fully saturated rings. The predicted octanol–water partition coefficient (Wildman–Crippen LogP) is 2.87. The van der Waals surface area contributed by atoms with Crippen LogP contribution in [0.2, 0.25) is 0 Å². The van der Waals surface area contributed by atoms with Gasteiger partial charge in [0.2, 0.25) is 15.9 Å². The molecule has 0 saturated heterocycles. The Morgan fingerprint density at radius 2 is 1.71 bits per heavy atom. The van der Waals surface area contributed by atoms with Crippen molar-refractivity contribution in [3.05, 3.63) is 42.5 Å². The van der Waals surface area contributed by atoms with Crippen LogP contribution in [0, 0.1) is 11.8 Å². The van der Waals surface area contributed by atoms with Crippen molar-refractivity contribution in [3.8, 4) is 0 Å². The summed E-state index contributed by atoms with van der Waals surface area (Å²) in [5.74, 6) is -0.831. The average molecular weight is 405 g/mol. The van der Waals surface area contributed by atoms with Gasteiger partial charge in [-0.2, -0.15) is 4.72 Å². The van der Waals surface area contributed by atoms with Gasteiger partial charge in [-0.1, -0.05) is 64.4 Å². The number of carbonyl (C=O) groups is 2. The first-order valence-corrected chi connectivity index (χ1v) is 10.9. The zero-order chi connectivity index (χ0) is 20.9. The van der Waals surface area contributed by atoms with Gasteiger partial charge in [0.1, 0.15) is 12.3 Å². The maximum Gasteiger partial charge on any atom is 0.241 e. The molecular weight excluding hydrogens is 376 g/mol. The van der Waals surface area contributed by atoms with Gasteiger partial charge in [-0.05, 0) is 34.7 Å². The van der Waals surface area contributed by atoms with Gasteiger partial charge in [0.05, 0.1) is 10.9 Å². The number of aldehydes is 1. The maximum atomic E-state index is 12.9. The van der Waals surface area contributed by atoms with Gasteiger partial charge < -0.3 is 10.1 Å². The van der Waals surface area contributed by atoms with Crippen molar-refractivity contribution in [1.29, 1.82) is 0 Å². The third-order valence-electron chi connectivity index (χ3n) is 4.98. The van der Waals surface area contributed by atoms with Crippen molar-refractivity contribution in [2.75, 3.05) is 0 Å². The molecule has 0 spiro atoms. The Kier molecular flexibility index (Phi) is 7.32. The summed E-state index contributed by atoms with van der Waals surface area (Å²) in [6.45, 7) is 7.30. The second kappa shape index (κ2) is 9.30. The zero-order valence-corrected chi connectivity index (χ0v) is 17.5. The molecule has 2 aromatic rings. The minimum absolute atomic E-state index is 0.0358. The van der Waals surface area contributed by atoms with E-state index in [1.165, 1.54) is 6.07 Å². The minimum atomic E-state index is -3.91. The third kappa shape index (κ3) is 5.17. The van der Waals surface area contributed by atoms with Crippen LogP contribution in [0.1, 0.15) is 34.1 Å². The first-order chi connectivity index (χ1) is 13.2. The molecule has 1 amide bonds. The summed E-state index contributed by atoms with van der Waals surface area (Å²) in [7, 11) is -3.91. The lowest BCUT2D eigenvalue weighted by molar-refractivity contribution is -0.126. The van der Waals surface area contributed by atoms with E-state index in [4.69, 9.17) is 0 Å². The Hall–Kier alpha value is -2.25. The number of rotatable bonds is 9. The molecular formula is C21H28N2O4S. The van der Waals surface area contributed by atoms with Crippen LogP contribution in [0.25, 0.3) is 10.8 Å². The molecule has 0 heterocycles. The van der Waals surface area contributed by atoms with E-state index in [-0.39, 0.29) is 16.7 Å². The van der Waals surface area contributed by atoms with Crippen molar-refractivity contribution < 1.29 is 18.0 Å². The van der Waals surface area contributed by atoms with Crippen LogP contribution < -0.4 is 10.0 Å². The lowest BCUT2D eigenvalue weighted by atomic mass is 9.98. The molecule has 0 aliphatic heterocycles. The van der Waals surface area contributed by atoms with E-state index in [2.05, 4.69) is 10.0 Å². The number of sulfonamides is 1. The van der Waals surface area contributed by atoms with Crippen LogP contribution in [0.5, 0.6) is 0 Å². The smallest absolute Gasteiger partial charge is 0.241 e. The number of benzene rings is 2. The van der Waals surface area contributed by atoms with Crippen molar-refractivity contribution >= 4 is 33.0 Å². The fourth-order valence-electron chi connectivity index (χ4n) is 2.88. The SMILES string of the molecule is CCC(C)C(C=O)NC(=O)C(NS(=O)(=O)c1ccc2ccccc2c1)C(C)C. The normalized spacial score (nSPS) is 15.2. The monoisotopic (exact) mass is 404 g/mol. The fraction of sp³-hybridized carbons (Fsp3) is 0.429. The molecule has 0 aliphatic rings. The summed E-state index contributed by atoms with van der Waals surface area (Å²) in [6.07, 6.45) is 1.42. The van der Waals surface area contributed by atoms with Gasteiger partial charge in [0.15, 0.2) is 0 Å². The van der Waals surface area contributed by atoms with Crippen LogP contribution in [0.3, 0.4) is 0 Å². The van der Waals surface area contributed by atoms with Crippen molar-refractivity contribution in [1.82, 2.24) is 10.0 Å². The fourth-order valence-corrected chi connectivity index (χ4v) is 4.26. The van der Waals surface area contributed by atoms with E-state index in [9.17, 15) is 18.0 Å². The first-order valence-electron chi connectivity index (χ1n) is 9.46. The summed E-state index contributed by atoms with van der Waals surface area (Å²) in [6, 6.07) is 10.7. The number of carbonyl (C=O) groups excluding carboxylic acids is 2. The van der Waals surface area contributed by atoms with Gasteiger partial charge in [0.25, 0.3) is 0 Å². The van der Waals surface area contributed by atoms with Gasteiger partial charge in [0, 0.05) is 0 Å². The standard InChI is InChI=1S/C21H28N2O4S/c1-5-15(4)19(13-24)22-21(25)20(14(2)3)23-28(26,27)18-11-10-16-8-6-7-9-17(16)12-18/h6-15,19-20,23H,5H2,1-4H3,(H,22,25). The summed E-state index contributed by atoms with van der Waals surface area (Å²) >= 11 is 0. The maximum absolute atomic E-state index is 12.9. The molecule has 0 aliphatic carbocycles. The second-order valence-corrected chi connectivity index (χ2v) is 9.12. The minimum Gasteiger partial charge on any atom is -0.345 e. The molecule has 7 heteroatoms. The first kappa shape index (κ1) is 22.0. The Morgan fingerprint density at radius 1 is 1.07 bits per heavy atom. The van der Waals surface area contributed by atoms with Crippen molar-refractivity contribution in [3.63, 3.8) is 0 Å². The number of nitrogens with one attached hydrogen (secondary N) is 2. The molecule has 152 valence electrons. The van der Waals surface area contributed by atoms with E-state index >= 15 is 0 Å². The molecule has 0 radical (unpaired) electrons. The summed E-state index contributed by atoms with van der Waals surface area (Å²) in [5.41, 5.74) is 0. The molecule has 6 nitrogen and oxygen atoms in total. The highest BCUT2D eigenvalue weighted by atomic mass is 32.2. The number of hydrogen-bond donors (Lipinski definition) is 2. The number of hydrogen-bond acceptors (Lipinski definition) is 4. The molecule has 3 unspecified atom stereocenters. The molecule has 2 rings (SSSR count). The van der Waals surface area contributed by atoms with E-state index in [0.29, 0.717) is 6.29 Å². The quantitative estimate of drug-likeness (QED) is 0.629. The van der Waals surface area contributed by atoms with Gasteiger partial charge in [-0.25, -0.2) is 8.42 Å². The Balaban J connectivity index is 2.25. The van der Waals surface area contributed by atoms with E-state index in [0.717, 1.165) is 17.2 Å². The van der Waals surface area contributed by atoms with E-state index in [1.807, 2.05) is 38.1 Å². The summed E-state index contributed by atoms with van der Waals surface area (Å²) in [5, 5.41) is 4.40. The van der Waals surface area contributed by atoms with Crippen LogP contribution in [0.15, 0.2) is 47.4 Å². The lowest BCUT2D eigenvalue weighted by Crippen LogP contribution is -2.53. The summed E-state index contributed by atoms with van der Waals surface area (Å²) in [4.78, 5) is 24.1. The van der Waals surface area contributed by atoms with Crippen LogP contribution in [-0.4, -0.2) is 32.7 Å². The van der Waals surface area contributed by atoms with Gasteiger partial charge in [-0.15, -0.1) is 0 Å². The second-order valence-electron chi connectivity index (χ2n) is 7.41. The van der Waals surface area contributed by atoms with Gasteiger partial charge >= 0.3 is 0 Å². The number of fused-ring (bicyclic) bond motifs is 1. The topological polar surface area (TPSA) is 92.3 Å². The Bertz CT molecular complexity index is 940. The lowest BCUT2D eigenvalue weighted by Gasteiger charge is -2.25. The number of amides is 1. The molecule has 0 bridgehead atoms. The molecule has 2 aromatic carbocycles. The highest BCUT2D eigenvalue weighted by Gasteiger charge is 2.30. The highest BCUT2D eigenvalue weighted by Crippen LogP contribution is 2.20. The Morgan fingerprint density at radius 3 is 2.29 bits per heavy atom. The van der Waals surface area contributed by atoms with Gasteiger partial charge in [-0.3, -0.25) is 4.79 Å². The zero-order valence-electron chi connectivity index (χ0n) is 16.7. The molecule has 0 saturated carbocycles. The average Bonchev–Trinajstić information content (AvgIpc) is 2.68. The molecule has 2 N–H and O–H groups in total. The molecule has 28 heavy (non-hydrogen) atoms. The van der Waals surface area contributed by atoms with Crippen LogP contribution >= 0.6 is 0 Å². The van der Waals surface area contributed by atoms with E-state index in [1.54, 1.807) is 26.0 Å². The van der Waals surface area contributed by atoms with Crippen LogP contribution in [0.4, 0.5) is 0 Å².